The van der Waals surface area contributed by atoms with Crippen LogP contribution in [0.5, 0.6) is 11.5 Å². The number of hydrogen-bond donors (Lipinski definition) is 1. The Bertz CT molecular complexity index is 1660. The second kappa shape index (κ2) is 15.1. The van der Waals surface area contributed by atoms with Crippen LogP contribution in [-0.4, -0.2) is 47.2 Å². The number of aryl methyl sites for hydroxylation is 3. The van der Waals surface area contributed by atoms with Crippen molar-refractivity contribution in [3.8, 4) is 11.5 Å². The number of benzene rings is 3. The minimum absolute atomic E-state index is 0.0484. The Morgan fingerprint density at radius 3 is 2.43 bits per heavy atom. The fourth-order valence-corrected chi connectivity index (χ4v) is 5.58. The Morgan fingerprint density at radius 1 is 0.935 bits per heavy atom. The van der Waals surface area contributed by atoms with Gasteiger partial charge in [-0.2, -0.15) is 4.98 Å². The molecule has 0 unspecified atom stereocenters. The first-order valence-corrected chi connectivity index (χ1v) is 15.4. The van der Waals surface area contributed by atoms with Crippen LogP contribution in [0.3, 0.4) is 0 Å². The number of carbonyl (C=O) groups excluding carboxylic acids is 1. The van der Waals surface area contributed by atoms with E-state index in [0.717, 1.165) is 65.8 Å². The van der Waals surface area contributed by atoms with Crippen LogP contribution in [0.4, 0.5) is 35.4 Å². The number of anilines is 3. The van der Waals surface area contributed by atoms with Gasteiger partial charge >= 0.3 is 6.09 Å². The number of likely N-dealkylation sites (tertiary alicyclic amines) is 1. The number of aromatic nitrogens is 2. The second-order valence-electron chi connectivity index (χ2n) is 11.5. The van der Waals surface area contributed by atoms with Crippen molar-refractivity contribution in [2.45, 2.75) is 53.0 Å². The molecule has 0 aliphatic carbocycles. The van der Waals surface area contributed by atoms with Crippen LogP contribution in [0.15, 0.2) is 60.8 Å². The second-order valence-corrected chi connectivity index (χ2v) is 11.5. The molecular weight excluding hydrogens is 595 g/mol. The van der Waals surface area contributed by atoms with Gasteiger partial charge in [0, 0.05) is 30.1 Å². The van der Waals surface area contributed by atoms with Gasteiger partial charge in [0.1, 0.15) is 23.2 Å². The maximum Gasteiger partial charge on any atom is 0.421 e. The Kier molecular flexibility index (Phi) is 10.7. The van der Waals surface area contributed by atoms with Gasteiger partial charge < -0.3 is 19.7 Å². The lowest BCUT2D eigenvalue weighted by atomic mass is 10.1. The molecule has 0 radical (unpaired) electrons. The SMILES string of the molecule is Cc1cc(C)c(OC(=O)N(Cc2cc(F)ccc2F)c2ccnc(Nc3ccc(OCCCN4CCCCC4)c(F)c3)n2)c(C)c1. The Labute approximate surface area is 267 Å². The Morgan fingerprint density at radius 2 is 1.70 bits per heavy atom. The van der Waals surface area contributed by atoms with Gasteiger partial charge in [0.05, 0.1) is 13.2 Å². The highest BCUT2D eigenvalue weighted by atomic mass is 19.1. The van der Waals surface area contributed by atoms with Crippen LogP contribution in [0.1, 0.15) is 47.9 Å². The van der Waals surface area contributed by atoms with Crippen LogP contribution in [0, 0.1) is 38.2 Å². The third kappa shape index (κ3) is 8.54. The summed E-state index contributed by atoms with van der Waals surface area (Å²) in [4.78, 5) is 25.7. The quantitative estimate of drug-likeness (QED) is 0.168. The molecule has 8 nitrogen and oxygen atoms in total. The standard InChI is InChI=1S/C35H38F3N5O3/c1-23-18-24(2)33(25(3)19-23)46-35(44)43(22-26-20-27(36)8-10-29(26)37)32-12-13-39-34(41-32)40-28-9-11-31(30(38)21-28)45-17-7-16-42-14-5-4-6-15-42/h8-13,18-21H,4-7,14-17,22H2,1-3H3,(H,39,40,41). The van der Waals surface area contributed by atoms with Gasteiger partial charge in [-0.3, -0.25) is 4.90 Å². The van der Waals surface area contributed by atoms with Gasteiger partial charge in [0.15, 0.2) is 11.6 Å². The highest BCUT2D eigenvalue weighted by Gasteiger charge is 2.24. The highest BCUT2D eigenvalue weighted by Crippen LogP contribution is 2.28. The molecule has 0 bridgehead atoms. The molecule has 46 heavy (non-hydrogen) atoms. The fraction of sp³-hybridized carbons (Fsp3) is 0.343. The molecule has 1 amide bonds. The first kappa shape index (κ1) is 32.7. The first-order chi connectivity index (χ1) is 22.2. The van der Waals surface area contributed by atoms with Crippen LogP contribution < -0.4 is 19.7 Å². The summed E-state index contributed by atoms with van der Waals surface area (Å²) in [6.07, 6.45) is 5.07. The molecular formula is C35H38F3N5O3. The van der Waals surface area contributed by atoms with E-state index >= 15 is 0 Å². The minimum Gasteiger partial charge on any atom is -0.490 e. The average molecular weight is 634 g/mol. The van der Waals surface area contributed by atoms with Gasteiger partial charge in [0.25, 0.3) is 0 Å². The van der Waals surface area contributed by atoms with Crippen LogP contribution in [-0.2, 0) is 6.54 Å². The number of nitrogens with one attached hydrogen (secondary N) is 1. The van der Waals surface area contributed by atoms with Crippen molar-refractivity contribution >= 4 is 23.5 Å². The smallest absolute Gasteiger partial charge is 0.421 e. The fourth-order valence-electron chi connectivity index (χ4n) is 5.58. The first-order valence-electron chi connectivity index (χ1n) is 15.4. The molecule has 11 heteroatoms. The molecule has 0 saturated carbocycles. The van der Waals surface area contributed by atoms with Crippen molar-refractivity contribution in [1.82, 2.24) is 14.9 Å². The molecule has 0 atom stereocenters. The maximum atomic E-state index is 14.9. The van der Waals surface area contributed by atoms with Crippen molar-refractivity contribution in [1.29, 1.82) is 0 Å². The number of hydrogen-bond acceptors (Lipinski definition) is 7. The molecule has 1 aliphatic rings. The van der Waals surface area contributed by atoms with E-state index in [1.54, 1.807) is 6.07 Å². The molecule has 1 aromatic heterocycles. The van der Waals surface area contributed by atoms with E-state index in [1.807, 2.05) is 32.9 Å². The topological polar surface area (TPSA) is 79.8 Å². The zero-order valence-corrected chi connectivity index (χ0v) is 26.3. The lowest BCUT2D eigenvalue weighted by Crippen LogP contribution is -2.34. The van der Waals surface area contributed by atoms with E-state index in [4.69, 9.17) is 9.47 Å². The number of carbonyl (C=O) groups is 1. The van der Waals surface area contributed by atoms with Crippen molar-refractivity contribution in [2.24, 2.45) is 0 Å². The van der Waals surface area contributed by atoms with Gasteiger partial charge in [-0.25, -0.2) is 22.9 Å². The van der Waals surface area contributed by atoms with Crippen LogP contribution >= 0.6 is 0 Å². The van der Waals surface area contributed by atoms with Crippen molar-refractivity contribution in [3.63, 3.8) is 0 Å². The summed E-state index contributed by atoms with van der Waals surface area (Å²) >= 11 is 0. The molecule has 0 spiro atoms. The van der Waals surface area contributed by atoms with Crippen LogP contribution in [0.2, 0.25) is 0 Å². The number of nitrogens with zero attached hydrogens (tertiary/aromatic N) is 4. The lowest BCUT2D eigenvalue weighted by Gasteiger charge is -2.26. The molecule has 242 valence electrons. The van der Waals surface area contributed by atoms with E-state index in [1.165, 1.54) is 43.7 Å². The summed E-state index contributed by atoms with van der Waals surface area (Å²) in [6.45, 7) is 8.73. The van der Waals surface area contributed by atoms with Crippen LogP contribution in [0.25, 0.3) is 0 Å². The number of ether oxygens (including phenoxy) is 2. The monoisotopic (exact) mass is 633 g/mol. The summed E-state index contributed by atoms with van der Waals surface area (Å²) < 4.78 is 55.1. The normalized spacial score (nSPS) is 13.3. The highest BCUT2D eigenvalue weighted by molar-refractivity contribution is 5.88. The third-order valence-corrected chi connectivity index (χ3v) is 7.78. The predicted octanol–water partition coefficient (Wildman–Crippen LogP) is 8.02. The predicted molar refractivity (Wildman–Crippen MR) is 171 cm³/mol. The number of halogens is 3. The zero-order valence-electron chi connectivity index (χ0n) is 26.3. The average Bonchev–Trinajstić information content (AvgIpc) is 3.03. The van der Waals surface area contributed by atoms with Crippen molar-refractivity contribution in [2.75, 3.05) is 36.5 Å². The molecule has 1 aliphatic heterocycles. The molecule has 1 saturated heterocycles. The lowest BCUT2D eigenvalue weighted by molar-refractivity contribution is 0.203. The summed E-state index contributed by atoms with van der Waals surface area (Å²) in [6, 6.07) is 12.6. The van der Waals surface area contributed by atoms with E-state index in [9.17, 15) is 18.0 Å². The Balaban J connectivity index is 1.31. The van der Waals surface area contributed by atoms with E-state index < -0.39 is 23.5 Å². The minimum atomic E-state index is -0.851. The van der Waals surface area contributed by atoms with Gasteiger partial charge in [-0.1, -0.05) is 24.1 Å². The van der Waals surface area contributed by atoms with Gasteiger partial charge in [-0.15, -0.1) is 0 Å². The summed E-state index contributed by atoms with van der Waals surface area (Å²) in [5.74, 6) is -1.29. The molecule has 4 aromatic rings. The molecule has 3 aromatic carbocycles. The zero-order chi connectivity index (χ0) is 32.6. The number of rotatable bonds is 11. The van der Waals surface area contributed by atoms with E-state index in [-0.39, 0.29) is 29.6 Å². The summed E-state index contributed by atoms with van der Waals surface area (Å²) in [7, 11) is 0. The van der Waals surface area contributed by atoms with Gasteiger partial charge in [-0.05, 0) is 101 Å². The molecule has 1 N–H and O–H groups in total. The van der Waals surface area contributed by atoms with E-state index in [0.29, 0.717) is 18.0 Å². The molecule has 1 fully saturated rings. The maximum absolute atomic E-state index is 14.9. The largest absolute Gasteiger partial charge is 0.490 e. The molecule has 5 rings (SSSR count). The van der Waals surface area contributed by atoms with Crippen molar-refractivity contribution < 1.29 is 27.4 Å². The van der Waals surface area contributed by atoms with Crippen molar-refractivity contribution in [3.05, 3.63) is 100 Å². The third-order valence-electron chi connectivity index (χ3n) is 7.78. The molecule has 2 heterocycles. The summed E-state index contributed by atoms with van der Waals surface area (Å²) in [5.41, 5.74) is 2.76. The van der Waals surface area contributed by atoms with Gasteiger partial charge in [0.2, 0.25) is 5.95 Å². The number of piperidine rings is 1. The van der Waals surface area contributed by atoms with E-state index in [2.05, 4.69) is 20.2 Å². The Hall–Kier alpha value is -4.64. The number of amides is 1. The summed E-state index contributed by atoms with van der Waals surface area (Å²) in [5, 5.41) is 2.94.